The van der Waals surface area contributed by atoms with Gasteiger partial charge in [-0.05, 0) is 18.6 Å². The second-order valence-corrected chi connectivity index (χ2v) is 3.40. The van der Waals surface area contributed by atoms with Gasteiger partial charge < -0.3 is 10.6 Å². The lowest BCUT2D eigenvalue weighted by Gasteiger charge is -1.98. The highest BCUT2D eigenvalue weighted by molar-refractivity contribution is 5.68. The number of para-hydroxylation sites is 1. The Hall–Kier alpha value is -2.28. The van der Waals surface area contributed by atoms with Crippen molar-refractivity contribution in [3.8, 4) is 5.69 Å². The summed E-state index contributed by atoms with van der Waals surface area (Å²) in [5.41, 5.74) is 7.99. The molecule has 0 aliphatic carbocycles. The highest BCUT2D eigenvalue weighted by Crippen LogP contribution is 2.28. The number of nitrogens with zero attached hydrogens (tertiary/aromatic N) is 3. The fraction of sp³-hybridized carbons (Fsp3) is 0.167. The lowest BCUT2D eigenvalue weighted by atomic mass is 10.3. The maximum Gasteiger partial charge on any atom is 0.280 e. The molecule has 0 aliphatic heterocycles. The summed E-state index contributed by atoms with van der Waals surface area (Å²) in [6, 6.07) is 9.55. The van der Waals surface area contributed by atoms with Crippen LogP contribution in [-0.2, 0) is 6.42 Å². The van der Waals surface area contributed by atoms with Crippen molar-refractivity contribution in [2.75, 3.05) is 5.73 Å². The molecule has 2 N–H and O–H groups in total. The predicted octanol–water partition coefficient (Wildman–Crippen LogP) is 2.57. The minimum atomic E-state index is 0.392. The number of nitrogens with two attached hydrogens (primary N) is 1. The third-order valence-electron chi connectivity index (χ3n) is 2.41. The molecule has 0 radical (unpaired) electrons. The van der Waals surface area contributed by atoms with E-state index < -0.39 is 0 Å². The van der Waals surface area contributed by atoms with E-state index in [1.165, 1.54) is 0 Å². The summed E-state index contributed by atoms with van der Waals surface area (Å²) in [4.78, 5) is 3.44. The van der Waals surface area contributed by atoms with Gasteiger partial charge in [-0.1, -0.05) is 36.8 Å². The van der Waals surface area contributed by atoms with E-state index in [9.17, 15) is 0 Å². The zero-order valence-corrected chi connectivity index (χ0v) is 9.01. The van der Waals surface area contributed by atoms with Gasteiger partial charge in [0.25, 0.3) is 5.82 Å². The number of anilines is 1. The SMILES string of the molecule is [C-]#[N+]c1c(N)c(CC)nn1-c1ccccc1. The van der Waals surface area contributed by atoms with Crippen molar-refractivity contribution in [3.05, 3.63) is 47.4 Å². The zero-order chi connectivity index (χ0) is 11.5. The van der Waals surface area contributed by atoms with Crippen LogP contribution >= 0.6 is 0 Å². The number of hydrogen-bond acceptors (Lipinski definition) is 2. The number of benzene rings is 1. The van der Waals surface area contributed by atoms with Crippen molar-refractivity contribution in [1.82, 2.24) is 9.78 Å². The Kier molecular flexibility index (Phi) is 2.61. The fourth-order valence-electron chi connectivity index (χ4n) is 1.58. The van der Waals surface area contributed by atoms with Crippen LogP contribution in [0.25, 0.3) is 10.5 Å². The van der Waals surface area contributed by atoms with Crippen LogP contribution in [-0.4, -0.2) is 9.78 Å². The van der Waals surface area contributed by atoms with Crippen molar-refractivity contribution < 1.29 is 0 Å². The zero-order valence-electron chi connectivity index (χ0n) is 9.01. The molecular weight excluding hydrogens is 200 g/mol. The number of nitrogen functional groups attached to an aromatic ring is 1. The van der Waals surface area contributed by atoms with Crippen LogP contribution in [0.1, 0.15) is 12.6 Å². The molecule has 0 bridgehead atoms. The van der Waals surface area contributed by atoms with Gasteiger partial charge in [0.05, 0.1) is 11.4 Å². The molecule has 2 aromatic rings. The first kappa shape index (κ1) is 10.2. The fourth-order valence-corrected chi connectivity index (χ4v) is 1.58. The summed E-state index contributed by atoms with van der Waals surface area (Å²) in [5, 5.41) is 4.35. The van der Waals surface area contributed by atoms with Crippen LogP contribution in [0, 0.1) is 6.57 Å². The first-order valence-electron chi connectivity index (χ1n) is 5.08. The number of aryl methyl sites for hydroxylation is 1. The van der Waals surface area contributed by atoms with E-state index in [1.807, 2.05) is 37.3 Å². The van der Waals surface area contributed by atoms with Crippen LogP contribution in [0.5, 0.6) is 0 Å². The highest BCUT2D eigenvalue weighted by Gasteiger charge is 2.16. The van der Waals surface area contributed by atoms with Crippen molar-refractivity contribution in [2.45, 2.75) is 13.3 Å². The molecule has 1 heterocycles. The van der Waals surface area contributed by atoms with Gasteiger partial charge in [0.1, 0.15) is 5.69 Å². The van der Waals surface area contributed by atoms with E-state index in [0.29, 0.717) is 11.5 Å². The third-order valence-corrected chi connectivity index (χ3v) is 2.41. The molecule has 0 saturated heterocycles. The van der Waals surface area contributed by atoms with Crippen LogP contribution < -0.4 is 5.73 Å². The molecule has 0 saturated carbocycles. The van der Waals surface area contributed by atoms with E-state index in [0.717, 1.165) is 17.8 Å². The molecule has 0 fully saturated rings. The predicted molar refractivity (Wildman–Crippen MR) is 63.6 cm³/mol. The van der Waals surface area contributed by atoms with Gasteiger partial charge in [0.15, 0.2) is 0 Å². The van der Waals surface area contributed by atoms with Crippen molar-refractivity contribution in [3.63, 3.8) is 0 Å². The Morgan fingerprint density at radius 3 is 2.62 bits per heavy atom. The Morgan fingerprint density at radius 2 is 2.06 bits per heavy atom. The molecule has 0 amide bonds. The molecule has 0 spiro atoms. The Labute approximate surface area is 94.1 Å². The highest BCUT2D eigenvalue weighted by atomic mass is 15.3. The minimum Gasteiger partial charge on any atom is -0.404 e. The largest absolute Gasteiger partial charge is 0.404 e. The third kappa shape index (κ3) is 1.52. The van der Waals surface area contributed by atoms with Crippen LogP contribution in [0.15, 0.2) is 30.3 Å². The smallest absolute Gasteiger partial charge is 0.280 e. The van der Waals surface area contributed by atoms with Crippen LogP contribution in [0.4, 0.5) is 11.5 Å². The molecule has 4 nitrogen and oxygen atoms in total. The standard InChI is InChI=1S/C12H12N4/c1-3-10-11(13)12(14-2)16(15-10)9-7-5-4-6-8-9/h4-8H,3,13H2,1H3. The van der Waals surface area contributed by atoms with E-state index in [-0.39, 0.29) is 0 Å². The molecule has 0 aliphatic rings. The number of hydrogen-bond donors (Lipinski definition) is 1. The molecule has 4 heteroatoms. The molecule has 16 heavy (non-hydrogen) atoms. The first-order valence-corrected chi connectivity index (χ1v) is 5.08. The lowest BCUT2D eigenvalue weighted by Crippen LogP contribution is -1.95. The molecule has 2 rings (SSSR count). The number of rotatable bonds is 2. The van der Waals surface area contributed by atoms with E-state index in [2.05, 4.69) is 9.94 Å². The molecule has 1 aromatic heterocycles. The van der Waals surface area contributed by atoms with Gasteiger partial charge in [-0.25, -0.2) is 0 Å². The average Bonchev–Trinajstić information content (AvgIpc) is 2.66. The molecule has 0 atom stereocenters. The number of aromatic nitrogens is 2. The quantitative estimate of drug-likeness (QED) is 0.778. The minimum absolute atomic E-state index is 0.392. The van der Waals surface area contributed by atoms with E-state index >= 15 is 0 Å². The van der Waals surface area contributed by atoms with Gasteiger partial charge in [0.2, 0.25) is 0 Å². The Balaban J connectivity index is 2.63. The normalized spacial score (nSPS) is 10.0. The first-order chi connectivity index (χ1) is 7.77. The maximum atomic E-state index is 7.15. The van der Waals surface area contributed by atoms with Gasteiger partial charge in [0, 0.05) is 0 Å². The van der Waals surface area contributed by atoms with Crippen LogP contribution in [0.3, 0.4) is 0 Å². The van der Waals surface area contributed by atoms with Gasteiger partial charge >= 0.3 is 0 Å². The van der Waals surface area contributed by atoms with E-state index in [1.54, 1.807) is 4.68 Å². The van der Waals surface area contributed by atoms with Crippen molar-refractivity contribution in [2.24, 2.45) is 0 Å². The summed E-state index contributed by atoms with van der Waals surface area (Å²) < 4.78 is 1.60. The summed E-state index contributed by atoms with van der Waals surface area (Å²) in [5.74, 6) is 0.392. The Morgan fingerprint density at radius 1 is 1.38 bits per heavy atom. The Bertz CT molecular complexity index is 534. The monoisotopic (exact) mass is 212 g/mol. The van der Waals surface area contributed by atoms with Crippen LogP contribution in [0.2, 0.25) is 0 Å². The molecule has 80 valence electrons. The maximum absolute atomic E-state index is 7.15. The summed E-state index contributed by atoms with van der Waals surface area (Å²) in [6.45, 7) is 9.12. The summed E-state index contributed by atoms with van der Waals surface area (Å²) >= 11 is 0. The van der Waals surface area contributed by atoms with Crippen molar-refractivity contribution in [1.29, 1.82) is 0 Å². The summed E-state index contributed by atoms with van der Waals surface area (Å²) in [6.07, 6.45) is 0.730. The molecule has 1 aromatic carbocycles. The molecule has 0 unspecified atom stereocenters. The van der Waals surface area contributed by atoms with E-state index in [4.69, 9.17) is 12.3 Å². The topological polar surface area (TPSA) is 48.2 Å². The lowest BCUT2D eigenvalue weighted by molar-refractivity contribution is 0.852. The second kappa shape index (κ2) is 4.07. The average molecular weight is 212 g/mol. The van der Waals surface area contributed by atoms with Crippen molar-refractivity contribution >= 4 is 11.5 Å². The molecular formula is C12H12N4. The second-order valence-electron chi connectivity index (χ2n) is 3.40. The summed E-state index contributed by atoms with van der Waals surface area (Å²) in [7, 11) is 0. The van der Waals surface area contributed by atoms with Gasteiger partial charge in [-0.3, -0.25) is 0 Å². The van der Waals surface area contributed by atoms with Gasteiger partial charge in [-0.15, -0.1) is 0 Å². The van der Waals surface area contributed by atoms with Gasteiger partial charge in [-0.2, -0.15) is 4.68 Å².